The van der Waals surface area contributed by atoms with Gasteiger partial charge < -0.3 is 15.2 Å². The summed E-state index contributed by atoms with van der Waals surface area (Å²) in [4.78, 5) is 38.1. The molecular formula is C20H20N2O5S. The van der Waals surface area contributed by atoms with Gasteiger partial charge in [0, 0.05) is 11.3 Å². The SMILES string of the molecule is O=C(Cc1ccccc1)N[C@@H]1C(=O)N2C(C(=O)O)=C(C3=CCCCO3)CS[C@H]12. The fourth-order valence-electron chi connectivity index (χ4n) is 3.58. The summed E-state index contributed by atoms with van der Waals surface area (Å²) < 4.78 is 5.62. The van der Waals surface area contributed by atoms with Crippen molar-refractivity contribution >= 4 is 29.5 Å². The topological polar surface area (TPSA) is 95.9 Å². The van der Waals surface area contributed by atoms with Crippen LogP contribution < -0.4 is 5.32 Å². The normalized spacial score (nSPS) is 23.9. The van der Waals surface area contributed by atoms with E-state index in [2.05, 4.69) is 5.32 Å². The number of benzene rings is 1. The highest BCUT2D eigenvalue weighted by Crippen LogP contribution is 2.42. The highest BCUT2D eigenvalue weighted by Gasteiger charge is 2.54. The first kappa shape index (κ1) is 18.6. The van der Waals surface area contributed by atoms with Crippen LogP contribution in [0.1, 0.15) is 18.4 Å². The molecule has 0 saturated carbocycles. The van der Waals surface area contributed by atoms with Crippen molar-refractivity contribution in [1.82, 2.24) is 10.2 Å². The lowest BCUT2D eigenvalue weighted by Gasteiger charge is -2.49. The molecule has 2 atom stereocenters. The average Bonchev–Trinajstić information content (AvgIpc) is 2.72. The molecular weight excluding hydrogens is 380 g/mol. The molecule has 0 spiro atoms. The van der Waals surface area contributed by atoms with Gasteiger partial charge in [0.2, 0.25) is 5.91 Å². The second-order valence-electron chi connectivity index (χ2n) is 6.81. The van der Waals surface area contributed by atoms with Crippen molar-refractivity contribution in [2.45, 2.75) is 30.7 Å². The van der Waals surface area contributed by atoms with E-state index >= 15 is 0 Å². The van der Waals surface area contributed by atoms with Gasteiger partial charge in [0.05, 0.1) is 13.0 Å². The number of carbonyl (C=O) groups is 3. The first-order valence-electron chi connectivity index (χ1n) is 9.14. The number of nitrogens with one attached hydrogen (secondary N) is 1. The second-order valence-corrected chi connectivity index (χ2v) is 7.91. The smallest absolute Gasteiger partial charge is 0.353 e. The number of ether oxygens (including phenoxy) is 1. The largest absolute Gasteiger partial charge is 0.494 e. The molecule has 0 aliphatic carbocycles. The fourth-order valence-corrected chi connectivity index (χ4v) is 4.93. The molecule has 3 aliphatic rings. The van der Waals surface area contributed by atoms with Crippen LogP contribution in [0, 0.1) is 0 Å². The molecule has 7 nitrogen and oxygen atoms in total. The van der Waals surface area contributed by atoms with E-state index in [1.54, 1.807) is 0 Å². The second kappa shape index (κ2) is 7.71. The lowest BCUT2D eigenvalue weighted by Crippen LogP contribution is -2.70. The van der Waals surface area contributed by atoms with Gasteiger partial charge in [-0.15, -0.1) is 11.8 Å². The van der Waals surface area contributed by atoms with Crippen LogP contribution >= 0.6 is 11.8 Å². The van der Waals surface area contributed by atoms with Gasteiger partial charge in [-0.2, -0.15) is 0 Å². The van der Waals surface area contributed by atoms with Crippen LogP contribution in [-0.4, -0.2) is 51.6 Å². The number of carbonyl (C=O) groups excluding carboxylic acids is 2. The molecule has 2 N–H and O–H groups in total. The van der Waals surface area contributed by atoms with Crippen molar-refractivity contribution in [2.75, 3.05) is 12.4 Å². The molecule has 1 aromatic carbocycles. The van der Waals surface area contributed by atoms with Gasteiger partial charge in [-0.25, -0.2) is 4.79 Å². The van der Waals surface area contributed by atoms with Crippen molar-refractivity contribution in [3.63, 3.8) is 0 Å². The van der Waals surface area contributed by atoms with Crippen molar-refractivity contribution in [1.29, 1.82) is 0 Å². The summed E-state index contributed by atoms with van der Waals surface area (Å²) in [6.07, 6.45) is 3.78. The zero-order valence-electron chi connectivity index (χ0n) is 15.1. The van der Waals surface area contributed by atoms with Gasteiger partial charge >= 0.3 is 5.97 Å². The maximum Gasteiger partial charge on any atom is 0.353 e. The zero-order valence-corrected chi connectivity index (χ0v) is 15.9. The number of carboxylic acid groups (broad SMARTS) is 1. The standard InChI is InChI=1S/C20H20N2O5S/c23-15(10-12-6-2-1-3-7-12)21-16-18(24)22-17(20(25)26)13(11-28-19(16)22)14-8-4-5-9-27-14/h1-3,6-8,16,19H,4-5,9-11H2,(H,21,23)(H,25,26)/t16-,19-/m1/s1. The minimum absolute atomic E-state index is 0.0320. The number of aliphatic carboxylic acids is 1. The molecule has 0 unspecified atom stereocenters. The number of thioether (sulfide) groups is 1. The Balaban J connectivity index is 1.50. The number of fused-ring (bicyclic) bond motifs is 1. The maximum atomic E-state index is 12.7. The van der Waals surface area contributed by atoms with Crippen LogP contribution in [0.15, 0.2) is 53.4 Å². The van der Waals surface area contributed by atoms with Gasteiger partial charge in [0.1, 0.15) is 22.9 Å². The third-order valence-corrected chi connectivity index (χ3v) is 6.21. The maximum absolute atomic E-state index is 12.7. The van der Waals surface area contributed by atoms with E-state index in [-0.39, 0.29) is 18.0 Å². The Morgan fingerprint density at radius 1 is 1.29 bits per heavy atom. The number of amides is 2. The van der Waals surface area contributed by atoms with Crippen LogP contribution in [0.4, 0.5) is 0 Å². The van der Waals surface area contributed by atoms with Crippen molar-refractivity contribution in [3.05, 3.63) is 59.0 Å². The molecule has 0 bridgehead atoms. The Labute approximate surface area is 166 Å². The zero-order chi connectivity index (χ0) is 19.7. The highest BCUT2D eigenvalue weighted by atomic mass is 32.2. The molecule has 0 radical (unpaired) electrons. The molecule has 1 saturated heterocycles. The Kier molecular flexibility index (Phi) is 5.13. The number of rotatable bonds is 5. The minimum atomic E-state index is -1.15. The summed E-state index contributed by atoms with van der Waals surface area (Å²) in [5.41, 5.74) is 1.36. The lowest BCUT2D eigenvalue weighted by molar-refractivity contribution is -0.150. The van der Waals surface area contributed by atoms with E-state index in [0.717, 1.165) is 18.4 Å². The van der Waals surface area contributed by atoms with Gasteiger partial charge in [-0.3, -0.25) is 14.5 Å². The third kappa shape index (κ3) is 3.40. The highest BCUT2D eigenvalue weighted by molar-refractivity contribution is 8.00. The molecule has 3 aliphatic heterocycles. The quantitative estimate of drug-likeness (QED) is 0.730. The number of β-lactam (4-membered cyclic amide) rings is 1. The van der Waals surface area contributed by atoms with E-state index in [9.17, 15) is 19.5 Å². The molecule has 8 heteroatoms. The Morgan fingerprint density at radius 3 is 2.75 bits per heavy atom. The molecule has 0 aromatic heterocycles. The lowest BCUT2D eigenvalue weighted by atomic mass is 10.0. The summed E-state index contributed by atoms with van der Waals surface area (Å²) in [7, 11) is 0. The van der Waals surface area contributed by atoms with Crippen molar-refractivity contribution in [3.8, 4) is 0 Å². The monoisotopic (exact) mass is 400 g/mol. The van der Waals surface area contributed by atoms with E-state index in [4.69, 9.17) is 4.74 Å². The van der Waals surface area contributed by atoms with E-state index in [0.29, 0.717) is 23.7 Å². The van der Waals surface area contributed by atoms with Crippen LogP contribution in [0.2, 0.25) is 0 Å². The van der Waals surface area contributed by atoms with E-state index < -0.39 is 23.3 Å². The third-order valence-electron chi connectivity index (χ3n) is 4.93. The van der Waals surface area contributed by atoms with E-state index in [1.807, 2.05) is 36.4 Å². The van der Waals surface area contributed by atoms with Gasteiger partial charge in [0.15, 0.2) is 0 Å². The van der Waals surface area contributed by atoms with Crippen LogP contribution in [0.25, 0.3) is 0 Å². The van der Waals surface area contributed by atoms with Crippen LogP contribution in [-0.2, 0) is 25.5 Å². The summed E-state index contributed by atoms with van der Waals surface area (Å²) in [6.45, 7) is 0.544. The van der Waals surface area contributed by atoms with Crippen LogP contribution in [0.5, 0.6) is 0 Å². The number of nitrogens with zero attached hydrogens (tertiary/aromatic N) is 1. The molecule has 3 heterocycles. The number of hydrogen-bond donors (Lipinski definition) is 2. The average molecular weight is 400 g/mol. The fraction of sp³-hybridized carbons (Fsp3) is 0.350. The molecule has 4 rings (SSSR count). The Bertz CT molecular complexity index is 880. The molecule has 28 heavy (non-hydrogen) atoms. The predicted octanol–water partition coefficient (Wildman–Crippen LogP) is 1.66. The van der Waals surface area contributed by atoms with Crippen LogP contribution in [0.3, 0.4) is 0 Å². The van der Waals surface area contributed by atoms with E-state index in [1.165, 1.54) is 16.7 Å². The number of allylic oxidation sites excluding steroid dienone is 2. The number of hydrogen-bond acceptors (Lipinski definition) is 5. The van der Waals surface area contributed by atoms with Crippen molar-refractivity contribution < 1.29 is 24.2 Å². The molecule has 1 aromatic rings. The summed E-state index contributed by atoms with van der Waals surface area (Å²) in [5, 5.41) is 12.1. The van der Waals surface area contributed by atoms with Crippen molar-refractivity contribution in [2.24, 2.45) is 0 Å². The molecule has 1 fully saturated rings. The summed E-state index contributed by atoms with van der Waals surface area (Å²) in [6, 6.07) is 8.56. The van der Waals surface area contributed by atoms with Gasteiger partial charge in [0.25, 0.3) is 5.91 Å². The first-order valence-corrected chi connectivity index (χ1v) is 10.2. The Hall–Kier alpha value is -2.74. The van der Waals surface area contributed by atoms with Gasteiger partial charge in [-0.1, -0.05) is 30.3 Å². The predicted molar refractivity (Wildman–Crippen MR) is 103 cm³/mol. The summed E-state index contributed by atoms with van der Waals surface area (Å²) in [5.74, 6) is -0.830. The Morgan fingerprint density at radius 2 is 2.07 bits per heavy atom. The summed E-state index contributed by atoms with van der Waals surface area (Å²) >= 11 is 1.44. The van der Waals surface area contributed by atoms with Gasteiger partial charge in [-0.05, 0) is 24.5 Å². The number of carboxylic acids is 1. The first-order chi connectivity index (χ1) is 13.6. The minimum Gasteiger partial charge on any atom is -0.494 e. The molecule has 2 amide bonds. The molecule has 146 valence electrons.